The lowest BCUT2D eigenvalue weighted by Crippen LogP contribution is -2.54. The maximum Gasteiger partial charge on any atom is 0.103 e. The third-order valence-corrected chi connectivity index (χ3v) is 5.14. The molecule has 0 spiro atoms. The second kappa shape index (κ2) is 8.12. The van der Waals surface area contributed by atoms with Crippen LogP contribution in [0.4, 0.5) is 0 Å². The number of hydrogen-bond acceptors (Lipinski definition) is 4. The van der Waals surface area contributed by atoms with Crippen LogP contribution in [-0.2, 0) is 0 Å². The number of fused-ring (bicyclic) bond motifs is 1. The van der Waals surface area contributed by atoms with Gasteiger partial charge in [0.2, 0.25) is 0 Å². The Labute approximate surface area is 130 Å². The summed E-state index contributed by atoms with van der Waals surface area (Å²) in [6, 6.07) is 3.24. The Morgan fingerprint density at radius 2 is 2.10 bits per heavy atom. The molecule has 0 aromatic carbocycles. The zero-order valence-corrected chi connectivity index (χ0v) is 13.9. The van der Waals surface area contributed by atoms with Gasteiger partial charge in [0.05, 0.1) is 6.07 Å². The second-order valence-corrected chi connectivity index (χ2v) is 6.92. The molecule has 4 nitrogen and oxygen atoms in total. The van der Waals surface area contributed by atoms with E-state index >= 15 is 0 Å². The van der Waals surface area contributed by atoms with Crippen molar-refractivity contribution in [3.8, 4) is 6.07 Å². The van der Waals surface area contributed by atoms with Crippen LogP contribution in [0, 0.1) is 11.3 Å². The lowest BCUT2D eigenvalue weighted by molar-refractivity contribution is 0.0485. The largest absolute Gasteiger partial charge is 0.301 e. The highest BCUT2D eigenvalue weighted by Crippen LogP contribution is 2.21. The predicted molar refractivity (Wildman–Crippen MR) is 87.2 cm³/mol. The lowest BCUT2D eigenvalue weighted by atomic mass is 9.96. The van der Waals surface area contributed by atoms with Gasteiger partial charge in [-0.15, -0.1) is 0 Å². The summed E-state index contributed by atoms with van der Waals surface area (Å²) in [5.74, 6) is 0. The summed E-state index contributed by atoms with van der Waals surface area (Å²) in [5, 5.41) is 12.6. The number of piperazine rings is 1. The van der Waals surface area contributed by atoms with Gasteiger partial charge in [-0.2, -0.15) is 5.26 Å². The number of piperidine rings is 1. The first-order chi connectivity index (χ1) is 10.2. The fraction of sp³-hybridized carbons (Fsp3) is 0.941. The standard InChI is InChI=1S/C17H32N4/c1-3-19-17(2,15-18)9-5-7-10-20-12-13-21-11-6-4-8-16(21)14-20/h16,19H,3-14H2,1-2H3. The van der Waals surface area contributed by atoms with E-state index in [0.29, 0.717) is 0 Å². The molecule has 0 aliphatic carbocycles. The minimum atomic E-state index is -0.336. The van der Waals surface area contributed by atoms with E-state index < -0.39 is 0 Å². The molecule has 0 aromatic heterocycles. The molecule has 0 radical (unpaired) electrons. The average molecular weight is 292 g/mol. The summed E-state index contributed by atoms with van der Waals surface area (Å²) in [4.78, 5) is 5.33. The van der Waals surface area contributed by atoms with Gasteiger partial charge in [0.25, 0.3) is 0 Å². The number of rotatable bonds is 7. The molecule has 2 heterocycles. The average Bonchev–Trinajstić information content (AvgIpc) is 2.52. The highest BCUT2D eigenvalue weighted by Gasteiger charge is 2.28. The van der Waals surface area contributed by atoms with E-state index in [2.05, 4.69) is 28.1 Å². The topological polar surface area (TPSA) is 42.3 Å². The summed E-state index contributed by atoms with van der Waals surface area (Å²) in [5.41, 5.74) is -0.336. The van der Waals surface area contributed by atoms with Crippen molar-refractivity contribution in [1.29, 1.82) is 5.26 Å². The van der Waals surface area contributed by atoms with E-state index in [1.165, 1.54) is 58.4 Å². The van der Waals surface area contributed by atoms with E-state index in [1.54, 1.807) is 0 Å². The van der Waals surface area contributed by atoms with Gasteiger partial charge < -0.3 is 4.90 Å². The van der Waals surface area contributed by atoms with Crippen LogP contribution in [0.3, 0.4) is 0 Å². The van der Waals surface area contributed by atoms with Crippen molar-refractivity contribution < 1.29 is 0 Å². The Kier molecular flexibility index (Phi) is 6.47. The van der Waals surface area contributed by atoms with Gasteiger partial charge in [-0.3, -0.25) is 10.2 Å². The Hall–Kier alpha value is -0.630. The molecule has 2 saturated heterocycles. The second-order valence-electron chi connectivity index (χ2n) is 6.92. The number of hydrogen-bond donors (Lipinski definition) is 1. The molecule has 0 saturated carbocycles. The fourth-order valence-electron chi connectivity index (χ4n) is 3.81. The first-order valence-corrected chi connectivity index (χ1v) is 8.79. The maximum absolute atomic E-state index is 9.27. The van der Waals surface area contributed by atoms with Crippen molar-refractivity contribution in [2.24, 2.45) is 0 Å². The number of nitrogens with zero attached hydrogens (tertiary/aromatic N) is 3. The molecular weight excluding hydrogens is 260 g/mol. The van der Waals surface area contributed by atoms with Crippen LogP contribution in [0.15, 0.2) is 0 Å². The van der Waals surface area contributed by atoms with Crippen LogP contribution >= 0.6 is 0 Å². The first-order valence-electron chi connectivity index (χ1n) is 8.79. The van der Waals surface area contributed by atoms with Crippen LogP contribution in [0.2, 0.25) is 0 Å². The normalized spacial score (nSPS) is 26.8. The Balaban J connectivity index is 1.64. The SMILES string of the molecule is CCNC(C)(C#N)CCCCN1CCN2CCCCC2C1. The van der Waals surface area contributed by atoms with E-state index in [-0.39, 0.29) is 5.54 Å². The van der Waals surface area contributed by atoms with E-state index in [9.17, 15) is 5.26 Å². The minimum Gasteiger partial charge on any atom is -0.301 e. The molecule has 2 rings (SSSR count). The summed E-state index contributed by atoms with van der Waals surface area (Å²) in [7, 11) is 0. The van der Waals surface area contributed by atoms with Crippen LogP contribution in [0.5, 0.6) is 0 Å². The zero-order valence-electron chi connectivity index (χ0n) is 13.9. The van der Waals surface area contributed by atoms with Gasteiger partial charge in [-0.05, 0) is 58.7 Å². The number of nitrogens with one attached hydrogen (secondary N) is 1. The highest BCUT2D eigenvalue weighted by atomic mass is 15.3. The molecule has 0 bridgehead atoms. The molecule has 2 aliphatic rings. The number of unbranched alkanes of at least 4 members (excludes halogenated alkanes) is 1. The third kappa shape index (κ3) is 4.95. The van der Waals surface area contributed by atoms with Crippen molar-refractivity contribution in [3.63, 3.8) is 0 Å². The molecular formula is C17H32N4. The van der Waals surface area contributed by atoms with Crippen molar-refractivity contribution in [3.05, 3.63) is 0 Å². The van der Waals surface area contributed by atoms with Crippen molar-refractivity contribution in [1.82, 2.24) is 15.1 Å². The molecule has 2 atom stereocenters. The molecule has 2 unspecified atom stereocenters. The van der Waals surface area contributed by atoms with Gasteiger partial charge in [0, 0.05) is 25.7 Å². The van der Waals surface area contributed by atoms with Crippen molar-refractivity contribution in [2.45, 2.75) is 64.0 Å². The van der Waals surface area contributed by atoms with E-state index in [1.807, 2.05) is 6.92 Å². The summed E-state index contributed by atoms with van der Waals surface area (Å²) in [6.07, 6.45) is 7.52. The smallest absolute Gasteiger partial charge is 0.103 e. The third-order valence-electron chi connectivity index (χ3n) is 5.14. The van der Waals surface area contributed by atoms with Gasteiger partial charge in [0.15, 0.2) is 0 Å². The van der Waals surface area contributed by atoms with Crippen LogP contribution in [0.25, 0.3) is 0 Å². The van der Waals surface area contributed by atoms with Gasteiger partial charge in [-0.25, -0.2) is 0 Å². The van der Waals surface area contributed by atoms with E-state index in [4.69, 9.17) is 0 Å². The quantitative estimate of drug-likeness (QED) is 0.731. The molecule has 1 N–H and O–H groups in total. The van der Waals surface area contributed by atoms with Crippen LogP contribution < -0.4 is 5.32 Å². The molecule has 21 heavy (non-hydrogen) atoms. The minimum absolute atomic E-state index is 0.336. The van der Waals surface area contributed by atoms with Crippen LogP contribution in [-0.4, -0.2) is 60.6 Å². The Morgan fingerprint density at radius 3 is 2.86 bits per heavy atom. The molecule has 4 heteroatoms. The van der Waals surface area contributed by atoms with Crippen molar-refractivity contribution >= 4 is 0 Å². The molecule has 0 aromatic rings. The summed E-state index contributed by atoms with van der Waals surface area (Å²) >= 11 is 0. The van der Waals surface area contributed by atoms with Crippen molar-refractivity contribution in [2.75, 3.05) is 39.3 Å². The Morgan fingerprint density at radius 1 is 1.24 bits per heavy atom. The molecule has 2 fully saturated rings. The summed E-state index contributed by atoms with van der Waals surface area (Å²) in [6.45, 7) is 11.3. The highest BCUT2D eigenvalue weighted by molar-refractivity contribution is 5.03. The molecule has 0 amide bonds. The van der Waals surface area contributed by atoms with Crippen LogP contribution in [0.1, 0.15) is 52.4 Å². The number of nitriles is 1. The lowest BCUT2D eigenvalue weighted by Gasteiger charge is -2.44. The maximum atomic E-state index is 9.27. The first kappa shape index (κ1) is 16.7. The molecule has 120 valence electrons. The molecule has 2 aliphatic heterocycles. The van der Waals surface area contributed by atoms with Gasteiger partial charge in [0.1, 0.15) is 5.54 Å². The van der Waals surface area contributed by atoms with Gasteiger partial charge in [-0.1, -0.05) is 13.3 Å². The predicted octanol–water partition coefficient (Wildman–Crippen LogP) is 2.22. The fourth-order valence-corrected chi connectivity index (χ4v) is 3.81. The van der Waals surface area contributed by atoms with E-state index in [0.717, 1.165) is 25.4 Å². The van der Waals surface area contributed by atoms with Gasteiger partial charge >= 0.3 is 0 Å². The monoisotopic (exact) mass is 292 g/mol. The zero-order chi connectivity index (χ0) is 15.1. The Bertz CT molecular complexity index is 351. The summed E-state index contributed by atoms with van der Waals surface area (Å²) < 4.78 is 0.